The number of amides is 2. The van der Waals surface area contributed by atoms with E-state index in [1.54, 1.807) is 14.7 Å². The number of carbonyl (C=O) groups excluding carboxylic acids is 2. The van der Waals surface area contributed by atoms with Crippen LogP contribution in [0.5, 0.6) is 0 Å². The van der Waals surface area contributed by atoms with Gasteiger partial charge in [0.25, 0.3) is 11.8 Å². The molecule has 1 atom stereocenters. The molecule has 3 saturated heterocycles. The van der Waals surface area contributed by atoms with Crippen LogP contribution in [0.4, 0.5) is 0 Å². The number of hydrogen-bond acceptors (Lipinski definition) is 11. The highest BCUT2D eigenvalue weighted by molar-refractivity contribution is 9.10. The zero-order valence-electron chi connectivity index (χ0n) is 50.5. The van der Waals surface area contributed by atoms with Crippen molar-refractivity contribution in [1.82, 2.24) is 23.5 Å². The Labute approximate surface area is 505 Å². The van der Waals surface area contributed by atoms with Gasteiger partial charge in [-0.25, -0.2) is 25.4 Å². The number of rotatable bonds is 16. The average molecular weight is 1260 g/mol. The zero-order valence-corrected chi connectivity index (χ0v) is 53.7. The maximum absolute atomic E-state index is 12.6. The van der Waals surface area contributed by atoms with Crippen LogP contribution in [0.1, 0.15) is 147 Å². The minimum atomic E-state index is -3.33. The lowest BCUT2D eigenvalue weighted by Crippen LogP contribution is -2.41. The van der Waals surface area contributed by atoms with E-state index in [0.29, 0.717) is 73.5 Å². The molecule has 0 bridgehead atoms. The van der Waals surface area contributed by atoms with Crippen molar-refractivity contribution in [3.05, 3.63) is 122 Å². The number of aromatic amines is 2. The lowest BCUT2D eigenvalue weighted by molar-refractivity contribution is 0.00578. The van der Waals surface area contributed by atoms with Crippen molar-refractivity contribution in [3.8, 4) is 11.1 Å². The number of benzene rings is 4. The summed E-state index contributed by atoms with van der Waals surface area (Å²) in [6.45, 7) is 21.5. The lowest BCUT2D eigenvalue weighted by Gasteiger charge is -2.32. The van der Waals surface area contributed by atoms with E-state index in [2.05, 4.69) is 101 Å². The molecule has 3 fully saturated rings. The van der Waals surface area contributed by atoms with Gasteiger partial charge >= 0.3 is 7.12 Å². The molecule has 2 amide bonds. The monoisotopic (exact) mass is 1250 g/mol. The summed E-state index contributed by atoms with van der Waals surface area (Å²) >= 11 is 3.50. The van der Waals surface area contributed by atoms with Gasteiger partial charge < -0.3 is 40.2 Å². The van der Waals surface area contributed by atoms with Gasteiger partial charge in [-0.05, 0) is 184 Å². The number of piperidine rings is 2. The van der Waals surface area contributed by atoms with E-state index < -0.39 is 50.2 Å². The van der Waals surface area contributed by atoms with Gasteiger partial charge in [0.2, 0.25) is 20.0 Å². The number of nitrogens with zero attached hydrogens (tertiary/aromatic N) is 3. The van der Waals surface area contributed by atoms with Crippen LogP contribution in [0.25, 0.3) is 32.9 Å². The third-order valence-corrected chi connectivity index (χ3v) is 22.6. The summed E-state index contributed by atoms with van der Waals surface area (Å²) < 4.78 is 76.9. The van der Waals surface area contributed by atoms with Crippen LogP contribution in [0.2, 0.25) is 0 Å². The van der Waals surface area contributed by atoms with E-state index in [0.717, 1.165) is 82.8 Å². The molecule has 6 heterocycles. The normalized spacial score (nSPS) is 19.6. The summed E-state index contributed by atoms with van der Waals surface area (Å²) in [7, 11) is -4.26. The van der Waals surface area contributed by atoms with Crippen LogP contribution in [0, 0.1) is 11.8 Å². The van der Waals surface area contributed by atoms with Crippen molar-refractivity contribution >= 4 is 82.2 Å². The van der Waals surface area contributed by atoms with Gasteiger partial charge in [0, 0.05) is 87.2 Å². The van der Waals surface area contributed by atoms with Crippen LogP contribution in [0.3, 0.4) is 0 Å². The Morgan fingerprint density at radius 1 is 0.655 bits per heavy atom. The van der Waals surface area contributed by atoms with E-state index in [1.165, 1.54) is 40.9 Å². The van der Waals surface area contributed by atoms with Crippen LogP contribution in [-0.2, 0) is 64.8 Å². The molecule has 0 saturated carbocycles. The Kier molecular flexibility index (Phi) is 19.5. The minimum absolute atomic E-state index is 0.00523. The number of H-pyrrole nitrogens is 2. The fourth-order valence-corrected chi connectivity index (χ4v) is 15.7. The van der Waals surface area contributed by atoms with Crippen molar-refractivity contribution in [2.24, 2.45) is 23.3 Å². The number of fused-ring (bicyclic) bond motifs is 4. The molecule has 11 rings (SSSR count). The van der Waals surface area contributed by atoms with Crippen LogP contribution >= 0.6 is 15.9 Å². The maximum Gasteiger partial charge on any atom is 0.494 e. The van der Waals surface area contributed by atoms with E-state index >= 15 is 0 Å². The molecular weight excluding hydrogens is 1170 g/mol. The first-order valence-corrected chi connectivity index (χ1v) is 33.5. The van der Waals surface area contributed by atoms with E-state index in [4.69, 9.17) is 30.2 Å². The molecule has 84 heavy (non-hydrogen) atoms. The Hall–Kier alpha value is -4.94. The smallest absolute Gasteiger partial charge is 0.399 e. The van der Waals surface area contributed by atoms with Gasteiger partial charge in [0.15, 0.2) is 0 Å². The predicted octanol–water partition coefficient (Wildman–Crippen LogP) is 9.35. The quantitative estimate of drug-likeness (QED) is 0.0667. The van der Waals surface area contributed by atoms with Gasteiger partial charge in [-0.2, -0.15) is 0 Å². The van der Waals surface area contributed by atoms with Crippen molar-refractivity contribution in [1.29, 1.82) is 0 Å². The molecule has 21 heteroatoms. The van der Waals surface area contributed by atoms with Gasteiger partial charge in [-0.3, -0.25) is 14.5 Å². The number of nitrogens with one attached hydrogen (secondary N) is 2. The molecule has 1 aliphatic carbocycles. The van der Waals surface area contributed by atoms with Crippen LogP contribution in [-0.4, -0.2) is 142 Å². The molecule has 4 aliphatic heterocycles. The number of sulfonamides is 2. The third kappa shape index (κ3) is 13.8. The Balaban J connectivity index is 0.000000166. The van der Waals surface area contributed by atoms with Crippen LogP contribution < -0.4 is 16.9 Å². The highest BCUT2D eigenvalue weighted by atomic mass is 79.9. The summed E-state index contributed by atoms with van der Waals surface area (Å²) in [5.41, 5.74) is 23.6. The number of primary amides is 2. The number of hydrogen-bond donors (Lipinski definition) is 4. The summed E-state index contributed by atoms with van der Waals surface area (Å²) in [6, 6.07) is 21.7. The maximum atomic E-state index is 12.6. The van der Waals surface area contributed by atoms with Crippen LogP contribution in [0.15, 0.2) is 77.5 Å². The fraction of sp³-hybridized carbons (Fsp3) is 0.524. The molecule has 1 unspecified atom stereocenters. The van der Waals surface area contributed by atoms with Gasteiger partial charge in [0.1, 0.15) is 0 Å². The summed E-state index contributed by atoms with van der Waals surface area (Å²) in [5, 5.41) is 1.88. The lowest BCUT2D eigenvalue weighted by atomic mass is 9.76. The molecular formula is C63H85BBrN7O10S2. The number of aromatic nitrogens is 2. The second-order valence-corrected chi connectivity index (χ2v) is 30.1. The first kappa shape index (κ1) is 63.6. The molecule has 5 aliphatic rings. The van der Waals surface area contributed by atoms with Gasteiger partial charge in [0.05, 0.1) is 58.1 Å². The third-order valence-electron chi connectivity index (χ3n) is 18.5. The molecule has 6 N–H and O–H groups in total. The number of nitrogens with two attached hydrogens (primary N) is 2. The molecule has 17 nitrogen and oxygen atoms in total. The molecule has 2 aromatic heterocycles. The van der Waals surface area contributed by atoms with Gasteiger partial charge in [-0.15, -0.1) is 0 Å². The molecule has 0 spiro atoms. The molecule has 4 aromatic carbocycles. The number of carbonyl (C=O) groups is 2. The van der Waals surface area contributed by atoms with E-state index in [1.807, 2.05) is 52.2 Å². The van der Waals surface area contributed by atoms with Crippen molar-refractivity contribution in [2.75, 3.05) is 65.1 Å². The summed E-state index contributed by atoms with van der Waals surface area (Å²) in [6.07, 6.45) is 8.92. The van der Waals surface area contributed by atoms with Gasteiger partial charge in [-0.1, -0.05) is 60.1 Å². The summed E-state index contributed by atoms with van der Waals surface area (Å²) in [5.74, 6) is 0.677. The second-order valence-electron chi connectivity index (χ2n) is 25.0. The molecule has 6 aromatic rings. The molecule has 454 valence electrons. The number of halogens is 1. The molecule has 0 radical (unpaired) electrons. The minimum Gasteiger partial charge on any atom is -0.399 e. The van der Waals surface area contributed by atoms with Crippen molar-refractivity contribution in [3.63, 3.8) is 0 Å². The zero-order chi connectivity index (χ0) is 60.6. The average Bonchev–Trinajstić information content (AvgIpc) is 2.37. The first-order chi connectivity index (χ1) is 39.7. The first-order valence-electron chi connectivity index (χ1n) is 29.5. The highest BCUT2D eigenvalue weighted by Gasteiger charge is 2.52. The highest BCUT2D eigenvalue weighted by Crippen LogP contribution is 2.41. The topological polar surface area (TPSA) is 233 Å². The Morgan fingerprint density at radius 2 is 1.14 bits per heavy atom. The number of ether oxygens (including phenoxy) is 2. The standard InChI is InChI=1S/C29H37N3O4S.C23H34BN3O6S.C11H14BrN/c1-18(2)22-12-20-4-5-21(13-23(20)14-22)24-15-25-27(17-31-28(25)26(16-24)29(30)33)19-6-8-32(9-7-19)37(34,35)11-10-36-3;1-22(2)23(3,4)33-24(32-22)16-12-17-19(14-26-20(17)18(13-16)21(25)28)15-6-8-27(9-7-15)34(29,30)11-10-31-5;1-8(2)13-6-9-3-4-11(12)5-10(9)7-13/h4-5,13,15-19,22,31H,6-12,14H2,1-3H3,(H2,30,33);12-15,26H,6-11H2,1-5H3,(H2,25,28);3-5,8H,6-7H2,1-2H3. The predicted molar refractivity (Wildman–Crippen MR) is 337 cm³/mol. The van der Waals surface area contributed by atoms with E-state index in [-0.39, 0.29) is 36.6 Å². The van der Waals surface area contributed by atoms with Crippen molar-refractivity contribution < 1.29 is 45.2 Å². The largest absolute Gasteiger partial charge is 0.494 e. The van der Waals surface area contributed by atoms with Crippen molar-refractivity contribution in [2.45, 2.75) is 136 Å². The Bertz CT molecular complexity index is 3590. The van der Waals surface area contributed by atoms with E-state index in [9.17, 15) is 26.4 Å². The SMILES string of the molecule is CC(C)N1Cc2ccc(Br)cc2C1.COCCS(=O)(=O)N1CCC(c2c[nH]c3c(C(N)=O)cc(-c4ccc5c(c4)CC(C(C)C)C5)cc23)CC1.COCCS(=O)(=O)N1CCC(c2c[nH]c3c(C(N)=O)cc(B4OC(C)(C)C(C)(C)O4)cc23)CC1. The summed E-state index contributed by atoms with van der Waals surface area (Å²) in [4.78, 5) is 33.7. The fourth-order valence-electron chi connectivity index (χ4n) is 12.5. The number of methoxy groups -OCH3 is 2. The second kappa shape index (κ2) is 25.8. The Morgan fingerprint density at radius 3 is 1.64 bits per heavy atom.